The monoisotopic (exact) mass is 538 g/mol. The highest BCUT2D eigenvalue weighted by Gasteiger charge is 2.30. The molecule has 1 aromatic heterocycles. The lowest BCUT2D eigenvalue weighted by molar-refractivity contribution is -0.384. The number of nitro groups is 1. The number of aryl methyl sites for hydroxylation is 2. The molecule has 0 N–H and O–H groups in total. The number of sulfonamides is 1. The standard InChI is InChI=1S/C27H34N6O4S/c1-21-8-10-22(11-9-21)27-23-20-31(38(2,36)37)15-12-24(23)32(28-27)14-5-13-29-16-18-30(19-17-29)25-6-3-4-7-26(25)33(34)35/h3-4,6-11H,5,12-20H2,1-2H3. The van der Waals surface area contributed by atoms with Gasteiger partial charge < -0.3 is 4.90 Å². The van der Waals surface area contributed by atoms with Gasteiger partial charge in [-0.1, -0.05) is 42.0 Å². The molecule has 0 unspecified atom stereocenters. The fourth-order valence-electron chi connectivity index (χ4n) is 5.42. The summed E-state index contributed by atoms with van der Waals surface area (Å²) in [4.78, 5) is 15.6. The van der Waals surface area contributed by atoms with Crippen LogP contribution in [0, 0.1) is 17.0 Å². The quantitative estimate of drug-likeness (QED) is 0.320. The van der Waals surface area contributed by atoms with E-state index in [4.69, 9.17) is 5.10 Å². The number of aromatic nitrogens is 2. The molecule has 0 amide bonds. The van der Waals surface area contributed by atoms with Gasteiger partial charge >= 0.3 is 0 Å². The normalized spacial score (nSPS) is 16.9. The van der Waals surface area contributed by atoms with E-state index in [0.29, 0.717) is 25.2 Å². The van der Waals surface area contributed by atoms with Crippen molar-refractivity contribution in [2.45, 2.75) is 32.9 Å². The number of hydrogen-bond donors (Lipinski definition) is 0. The summed E-state index contributed by atoms with van der Waals surface area (Å²) in [5, 5.41) is 16.4. The Balaban J connectivity index is 1.25. The molecule has 0 spiro atoms. The number of fused-ring (bicyclic) bond motifs is 1. The van der Waals surface area contributed by atoms with Gasteiger partial charge in [0.05, 0.1) is 16.9 Å². The first kappa shape index (κ1) is 26.3. The van der Waals surface area contributed by atoms with Crippen molar-refractivity contribution in [3.05, 3.63) is 75.5 Å². The maximum absolute atomic E-state index is 12.3. The van der Waals surface area contributed by atoms with Gasteiger partial charge in [-0.15, -0.1) is 0 Å². The second kappa shape index (κ2) is 10.8. The molecular formula is C27H34N6O4S. The van der Waals surface area contributed by atoms with Crippen molar-refractivity contribution in [3.8, 4) is 11.3 Å². The van der Waals surface area contributed by atoms with Gasteiger partial charge in [-0.3, -0.25) is 19.7 Å². The second-order valence-electron chi connectivity index (χ2n) is 10.1. The summed E-state index contributed by atoms with van der Waals surface area (Å²) >= 11 is 0. The summed E-state index contributed by atoms with van der Waals surface area (Å²) in [6.07, 6.45) is 2.84. The van der Waals surface area contributed by atoms with Crippen LogP contribution in [-0.2, 0) is 29.5 Å². The van der Waals surface area contributed by atoms with Gasteiger partial charge in [0.1, 0.15) is 5.69 Å². The summed E-state index contributed by atoms with van der Waals surface area (Å²) < 4.78 is 28.1. The van der Waals surface area contributed by atoms with Gasteiger partial charge in [-0.25, -0.2) is 8.42 Å². The van der Waals surface area contributed by atoms with Crippen molar-refractivity contribution in [3.63, 3.8) is 0 Å². The van der Waals surface area contributed by atoms with Crippen molar-refractivity contribution >= 4 is 21.4 Å². The van der Waals surface area contributed by atoms with Crippen LogP contribution in [0.15, 0.2) is 48.5 Å². The molecule has 1 saturated heterocycles. The highest BCUT2D eigenvalue weighted by Crippen LogP contribution is 2.32. The number of piperazine rings is 1. The van der Waals surface area contributed by atoms with Crippen LogP contribution in [0.4, 0.5) is 11.4 Å². The van der Waals surface area contributed by atoms with Gasteiger partial charge in [0.2, 0.25) is 10.0 Å². The zero-order chi connectivity index (χ0) is 26.9. The Morgan fingerprint density at radius 2 is 1.68 bits per heavy atom. The van der Waals surface area contributed by atoms with E-state index in [1.54, 1.807) is 12.1 Å². The van der Waals surface area contributed by atoms with Crippen LogP contribution in [0.5, 0.6) is 0 Å². The van der Waals surface area contributed by atoms with Crippen LogP contribution in [0.2, 0.25) is 0 Å². The first-order valence-electron chi connectivity index (χ1n) is 13.0. The van der Waals surface area contributed by atoms with E-state index in [9.17, 15) is 18.5 Å². The van der Waals surface area contributed by atoms with E-state index >= 15 is 0 Å². The SMILES string of the molecule is Cc1ccc(-c2nn(CCCN3CCN(c4ccccc4[N+](=O)[O-])CC3)c3c2CN(S(C)(=O)=O)CC3)cc1. The molecule has 10 nitrogen and oxygen atoms in total. The smallest absolute Gasteiger partial charge is 0.292 e. The van der Waals surface area contributed by atoms with E-state index in [1.807, 2.05) is 19.1 Å². The summed E-state index contributed by atoms with van der Waals surface area (Å²) in [7, 11) is -3.28. The van der Waals surface area contributed by atoms with Crippen molar-refractivity contribution in [2.24, 2.45) is 0 Å². The predicted molar refractivity (Wildman–Crippen MR) is 148 cm³/mol. The molecule has 2 aliphatic heterocycles. The van der Waals surface area contributed by atoms with E-state index in [1.165, 1.54) is 16.1 Å². The molecule has 3 heterocycles. The van der Waals surface area contributed by atoms with Gasteiger partial charge in [-0.2, -0.15) is 9.40 Å². The van der Waals surface area contributed by atoms with E-state index < -0.39 is 10.0 Å². The van der Waals surface area contributed by atoms with Crippen molar-refractivity contribution < 1.29 is 13.3 Å². The molecular weight excluding hydrogens is 504 g/mol. The van der Waals surface area contributed by atoms with Crippen molar-refractivity contribution in [1.29, 1.82) is 0 Å². The zero-order valence-corrected chi connectivity index (χ0v) is 22.7. The van der Waals surface area contributed by atoms with Gasteiger partial charge in [0.15, 0.2) is 0 Å². The Kier molecular flexibility index (Phi) is 7.51. The molecule has 0 atom stereocenters. The van der Waals surface area contributed by atoms with E-state index in [0.717, 1.165) is 68.2 Å². The highest BCUT2D eigenvalue weighted by molar-refractivity contribution is 7.88. The number of anilines is 1. The minimum absolute atomic E-state index is 0.156. The molecule has 202 valence electrons. The van der Waals surface area contributed by atoms with E-state index in [-0.39, 0.29) is 10.6 Å². The number of rotatable bonds is 8. The summed E-state index contributed by atoms with van der Waals surface area (Å²) in [5.41, 5.74) is 6.01. The molecule has 0 radical (unpaired) electrons. The van der Waals surface area contributed by atoms with E-state index in [2.05, 4.69) is 38.7 Å². The van der Waals surface area contributed by atoms with Crippen LogP contribution in [0.25, 0.3) is 11.3 Å². The first-order valence-corrected chi connectivity index (χ1v) is 14.9. The number of benzene rings is 2. The largest absolute Gasteiger partial charge is 0.363 e. The second-order valence-corrected chi connectivity index (χ2v) is 12.1. The average molecular weight is 539 g/mol. The molecule has 5 rings (SSSR count). The molecule has 0 aliphatic carbocycles. The molecule has 38 heavy (non-hydrogen) atoms. The third-order valence-corrected chi connectivity index (χ3v) is 8.78. The lowest BCUT2D eigenvalue weighted by atomic mass is 10.0. The van der Waals surface area contributed by atoms with Crippen LogP contribution in [0.3, 0.4) is 0 Å². The number of hydrogen-bond acceptors (Lipinski definition) is 7. The van der Waals surface area contributed by atoms with Gasteiger partial charge in [0, 0.05) is 81.7 Å². The molecule has 2 aromatic carbocycles. The third kappa shape index (κ3) is 5.59. The van der Waals surface area contributed by atoms with Crippen LogP contribution < -0.4 is 4.90 Å². The molecule has 3 aromatic rings. The predicted octanol–water partition coefficient (Wildman–Crippen LogP) is 3.30. The fourth-order valence-corrected chi connectivity index (χ4v) is 6.21. The number of para-hydroxylation sites is 2. The Bertz CT molecular complexity index is 1410. The van der Waals surface area contributed by atoms with Crippen molar-refractivity contribution in [1.82, 2.24) is 19.0 Å². The van der Waals surface area contributed by atoms with Gasteiger partial charge in [0.25, 0.3) is 5.69 Å². The fraction of sp³-hybridized carbons (Fsp3) is 0.444. The maximum Gasteiger partial charge on any atom is 0.292 e. The Morgan fingerprint density at radius 3 is 2.37 bits per heavy atom. The third-order valence-electron chi connectivity index (χ3n) is 7.53. The lowest BCUT2D eigenvalue weighted by Crippen LogP contribution is -2.47. The Morgan fingerprint density at radius 1 is 0.974 bits per heavy atom. The lowest BCUT2D eigenvalue weighted by Gasteiger charge is -2.35. The summed E-state index contributed by atoms with van der Waals surface area (Å²) in [6, 6.07) is 15.2. The van der Waals surface area contributed by atoms with Crippen molar-refractivity contribution in [2.75, 3.05) is 50.4 Å². The minimum atomic E-state index is -3.28. The summed E-state index contributed by atoms with van der Waals surface area (Å²) in [5.74, 6) is 0. The number of nitrogens with zero attached hydrogens (tertiary/aromatic N) is 6. The molecule has 2 aliphatic rings. The minimum Gasteiger partial charge on any atom is -0.363 e. The zero-order valence-electron chi connectivity index (χ0n) is 21.9. The molecule has 1 fully saturated rings. The Labute approximate surface area is 223 Å². The maximum atomic E-state index is 12.3. The Hall–Kier alpha value is -3.28. The number of nitro benzene ring substituents is 1. The van der Waals surface area contributed by atoms with Crippen LogP contribution >= 0.6 is 0 Å². The van der Waals surface area contributed by atoms with Gasteiger partial charge in [-0.05, 0) is 19.4 Å². The highest BCUT2D eigenvalue weighted by atomic mass is 32.2. The van der Waals surface area contributed by atoms with Crippen LogP contribution in [0.1, 0.15) is 23.2 Å². The van der Waals surface area contributed by atoms with Crippen LogP contribution in [-0.4, -0.2) is 77.9 Å². The average Bonchev–Trinajstić information content (AvgIpc) is 3.27. The molecule has 0 bridgehead atoms. The molecule has 0 saturated carbocycles. The summed E-state index contributed by atoms with van der Waals surface area (Å²) in [6.45, 7) is 7.74. The topological polar surface area (TPSA) is 105 Å². The molecule has 11 heteroatoms. The first-order chi connectivity index (χ1) is 18.2.